The van der Waals surface area contributed by atoms with Gasteiger partial charge in [-0.3, -0.25) is 0 Å². The van der Waals surface area contributed by atoms with Crippen LogP contribution in [0.5, 0.6) is 0 Å². The van der Waals surface area contributed by atoms with Gasteiger partial charge in [-0.1, -0.05) is 6.92 Å². The maximum absolute atomic E-state index is 10.9. The lowest BCUT2D eigenvalue weighted by atomic mass is 10.2. The Morgan fingerprint density at radius 2 is 2.33 bits per heavy atom. The van der Waals surface area contributed by atoms with Crippen molar-refractivity contribution in [1.82, 2.24) is 9.97 Å². The first-order valence-electron chi connectivity index (χ1n) is 5.56. The fourth-order valence-corrected chi connectivity index (χ4v) is 2.34. The molecule has 2 aromatic rings. The van der Waals surface area contributed by atoms with E-state index in [-0.39, 0.29) is 11.6 Å². The first-order chi connectivity index (χ1) is 8.70. The molecule has 1 unspecified atom stereocenters. The van der Waals surface area contributed by atoms with Crippen LogP contribution in [0.25, 0.3) is 0 Å². The number of pyridine rings is 1. The number of aromatic nitrogens is 2. The highest BCUT2D eigenvalue weighted by molar-refractivity contribution is 7.09. The lowest BCUT2D eigenvalue weighted by molar-refractivity contribution is 0.0697. The molecule has 2 heterocycles. The molecule has 0 amide bonds. The Bertz CT molecular complexity index is 528. The van der Waals surface area contributed by atoms with E-state index in [1.54, 1.807) is 17.5 Å². The number of hydrogen-bond acceptors (Lipinski definition) is 5. The van der Waals surface area contributed by atoms with Crippen LogP contribution in [0, 0.1) is 0 Å². The molecule has 0 saturated heterocycles. The van der Waals surface area contributed by atoms with Gasteiger partial charge in [-0.15, -0.1) is 11.3 Å². The number of aromatic carboxylic acids is 1. The molecule has 0 aliphatic carbocycles. The molecule has 6 heteroatoms. The van der Waals surface area contributed by atoms with Crippen LogP contribution < -0.4 is 5.32 Å². The van der Waals surface area contributed by atoms with Crippen molar-refractivity contribution < 1.29 is 9.90 Å². The molecule has 5 nitrogen and oxygen atoms in total. The molecule has 18 heavy (non-hydrogen) atoms. The Labute approximate surface area is 109 Å². The van der Waals surface area contributed by atoms with Crippen LogP contribution in [-0.2, 0) is 0 Å². The molecule has 94 valence electrons. The van der Waals surface area contributed by atoms with E-state index in [9.17, 15) is 4.79 Å². The summed E-state index contributed by atoms with van der Waals surface area (Å²) in [5, 5.41) is 15.0. The van der Waals surface area contributed by atoms with Crippen LogP contribution in [0.2, 0.25) is 0 Å². The molecule has 2 aromatic heterocycles. The van der Waals surface area contributed by atoms with Crippen molar-refractivity contribution in [3.05, 3.63) is 40.5 Å². The van der Waals surface area contributed by atoms with Crippen LogP contribution >= 0.6 is 11.3 Å². The third-order valence-electron chi connectivity index (χ3n) is 2.49. The van der Waals surface area contributed by atoms with E-state index in [0.29, 0.717) is 5.82 Å². The molecular formula is C12H13N3O2S. The third kappa shape index (κ3) is 2.84. The van der Waals surface area contributed by atoms with Gasteiger partial charge in [-0.2, -0.15) is 0 Å². The van der Waals surface area contributed by atoms with Crippen LogP contribution in [-0.4, -0.2) is 21.0 Å². The summed E-state index contributed by atoms with van der Waals surface area (Å²) in [6.45, 7) is 2.04. The quantitative estimate of drug-likeness (QED) is 0.867. The Balaban J connectivity index is 2.17. The molecule has 0 spiro atoms. The van der Waals surface area contributed by atoms with E-state index in [2.05, 4.69) is 15.3 Å². The predicted octanol–water partition coefficient (Wildman–Crippen LogP) is 2.80. The minimum Gasteiger partial charge on any atom is -0.478 e. The molecule has 0 radical (unpaired) electrons. The second kappa shape index (κ2) is 5.59. The highest BCUT2D eigenvalue weighted by atomic mass is 32.1. The van der Waals surface area contributed by atoms with Gasteiger partial charge in [0.15, 0.2) is 0 Å². The van der Waals surface area contributed by atoms with E-state index >= 15 is 0 Å². The Morgan fingerprint density at radius 1 is 1.50 bits per heavy atom. The van der Waals surface area contributed by atoms with Crippen LogP contribution in [0.1, 0.15) is 34.8 Å². The first-order valence-corrected chi connectivity index (χ1v) is 6.44. The van der Waals surface area contributed by atoms with Gasteiger partial charge in [0.1, 0.15) is 10.8 Å². The molecule has 0 aromatic carbocycles. The average Bonchev–Trinajstić information content (AvgIpc) is 2.90. The number of nitrogens with zero attached hydrogens (tertiary/aromatic N) is 2. The molecule has 1 atom stereocenters. The van der Waals surface area contributed by atoms with Crippen LogP contribution in [0.3, 0.4) is 0 Å². The third-order valence-corrected chi connectivity index (χ3v) is 3.38. The van der Waals surface area contributed by atoms with E-state index < -0.39 is 5.97 Å². The van der Waals surface area contributed by atoms with Crippen molar-refractivity contribution in [1.29, 1.82) is 0 Å². The maximum Gasteiger partial charge on any atom is 0.335 e. The highest BCUT2D eigenvalue weighted by Gasteiger charge is 2.13. The number of anilines is 1. The molecule has 2 N–H and O–H groups in total. The van der Waals surface area contributed by atoms with Crippen molar-refractivity contribution in [3.63, 3.8) is 0 Å². The van der Waals surface area contributed by atoms with Gasteiger partial charge in [0.2, 0.25) is 0 Å². The number of carbonyl (C=O) groups is 1. The monoisotopic (exact) mass is 263 g/mol. The summed E-state index contributed by atoms with van der Waals surface area (Å²) in [4.78, 5) is 19.2. The van der Waals surface area contributed by atoms with E-state index in [4.69, 9.17) is 5.11 Å². The number of thiazole rings is 1. The number of rotatable bonds is 5. The summed E-state index contributed by atoms with van der Waals surface area (Å²) in [7, 11) is 0. The number of hydrogen-bond donors (Lipinski definition) is 2. The topological polar surface area (TPSA) is 75.1 Å². The van der Waals surface area contributed by atoms with Crippen molar-refractivity contribution in [2.45, 2.75) is 19.4 Å². The van der Waals surface area contributed by atoms with E-state index in [0.717, 1.165) is 11.4 Å². The SMILES string of the molecule is CCC(Nc1cc(C(=O)O)ccn1)c1nccs1. The van der Waals surface area contributed by atoms with E-state index in [1.807, 2.05) is 12.3 Å². The zero-order valence-corrected chi connectivity index (χ0v) is 10.6. The summed E-state index contributed by atoms with van der Waals surface area (Å²) < 4.78 is 0. The minimum absolute atomic E-state index is 0.0570. The van der Waals surface area contributed by atoms with Crippen molar-refractivity contribution >= 4 is 23.1 Å². The summed E-state index contributed by atoms with van der Waals surface area (Å²) in [6.07, 6.45) is 4.10. The van der Waals surface area contributed by atoms with Crippen molar-refractivity contribution in [3.8, 4) is 0 Å². The second-order valence-electron chi connectivity index (χ2n) is 3.71. The Hall–Kier alpha value is -1.95. The highest BCUT2D eigenvalue weighted by Crippen LogP contribution is 2.23. The number of carboxylic acid groups (broad SMARTS) is 1. The van der Waals surface area contributed by atoms with Gasteiger partial charge in [-0.25, -0.2) is 14.8 Å². The zero-order chi connectivity index (χ0) is 13.0. The largest absolute Gasteiger partial charge is 0.478 e. The molecule has 2 rings (SSSR count). The Morgan fingerprint density at radius 3 is 2.94 bits per heavy atom. The minimum atomic E-state index is -0.956. The molecule has 0 aliphatic heterocycles. The normalized spacial score (nSPS) is 12.1. The van der Waals surface area contributed by atoms with Crippen molar-refractivity contribution in [2.24, 2.45) is 0 Å². The predicted molar refractivity (Wildman–Crippen MR) is 70.0 cm³/mol. The van der Waals surface area contributed by atoms with Gasteiger partial charge >= 0.3 is 5.97 Å². The molecular weight excluding hydrogens is 250 g/mol. The summed E-state index contributed by atoms with van der Waals surface area (Å²) in [6, 6.07) is 3.05. The summed E-state index contributed by atoms with van der Waals surface area (Å²) in [5.41, 5.74) is 0.224. The lowest BCUT2D eigenvalue weighted by Gasteiger charge is -2.15. The number of carboxylic acids is 1. The van der Waals surface area contributed by atoms with Crippen LogP contribution in [0.15, 0.2) is 29.9 Å². The lowest BCUT2D eigenvalue weighted by Crippen LogP contribution is -2.11. The van der Waals surface area contributed by atoms with Crippen molar-refractivity contribution in [2.75, 3.05) is 5.32 Å². The Kier molecular flexibility index (Phi) is 3.88. The van der Waals surface area contributed by atoms with Gasteiger partial charge in [0.05, 0.1) is 11.6 Å². The van der Waals surface area contributed by atoms with Gasteiger partial charge < -0.3 is 10.4 Å². The van der Waals surface area contributed by atoms with Crippen LogP contribution in [0.4, 0.5) is 5.82 Å². The second-order valence-corrected chi connectivity index (χ2v) is 4.64. The molecule has 0 aliphatic rings. The standard InChI is InChI=1S/C12H13N3O2S/c1-2-9(11-14-5-6-18-11)15-10-7-8(12(16)17)3-4-13-10/h3-7,9H,2H2,1H3,(H,13,15)(H,16,17). The fraction of sp³-hybridized carbons (Fsp3) is 0.250. The van der Waals surface area contributed by atoms with Gasteiger partial charge in [0.25, 0.3) is 0 Å². The number of nitrogens with one attached hydrogen (secondary N) is 1. The smallest absolute Gasteiger partial charge is 0.335 e. The molecule has 0 fully saturated rings. The molecule has 0 saturated carbocycles. The van der Waals surface area contributed by atoms with Gasteiger partial charge in [0, 0.05) is 17.8 Å². The molecule has 0 bridgehead atoms. The fourth-order valence-electron chi connectivity index (χ4n) is 1.57. The summed E-state index contributed by atoms with van der Waals surface area (Å²) in [5.74, 6) is -0.403. The average molecular weight is 263 g/mol. The van der Waals surface area contributed by atoms with E-state index in [1.165, 1.54) is 18.3 Å². The first kappa shape index (κ1) is 12.5. The zero-order valence-electron chi connectivity index (χ0n) is 9.83. The van der Waals surface area contributed by atoms with Gasteiger partial charge in [-0.05, 0) is 18.6 Å². The maximum atomic E-state index is 10.9. The summed E-state index contributed by atoms with van der Waals surface area (Å²) >= 11 is 1.57.